The largest absolute Gasteiger partial charge is 0.489 e. The fourth-order valence-corrected chi connectivity index (χ4v) is 3.38. The molecule has 0 amide bonds. The second-order valence-corrected chi connectivity index (χ2v) is 7.62. The second-order valence-electron chi connectivity index (χ2n) is 5.50. The number of anilines is 1. The summed E-state index contributed by atoms with van der Waals surface area (Å²) in [5, 5.41) is 0.659. The highest BCUT2D eigenvalue weighted by Gasteiger charge is 2.14. The van der Waals surface area contributed by atoms with Crippen LogP contribution in [0.5, 0.6) is 5.75 Å². The van der Waals surface area contributed by atoms with Crippen LogP contribution < -0.4 is 9.46 Å². The van der Waals surface area contributed by atoms with Crippen LogP contribution in [-0.2, 0) is 16.6 Å². The highest BCUT2D eigenvalue weighted by molar-refractivity contribution is 7.92. The summed E-state index contributed by atoms with van der Waals surface area (Å²) in [4.78, 5) is -0.0121. The molecule has 0 saturated carbocycles. The molecule has 0 atom stereocenters. The predicted molar refractivity (Wildman–Crippen MR) is 99.4 cm³/mol. The van der Waals surface area contributed by atoms with Crippen LogP contribution in [0.4, 0.5) is 10.1 Å². The van der Waals surface area contributed by atoms with Crippen LogP contribution >= 0.6 is 11.6 Å². The Hall–Kier alpha value is -2.57. The molecule has 0 bridgehead atoms. The molecule has 0 radical (unpaired) electrons. The summed E-state index contributed by atoms with van der Waals surface area (Å²) in [5.74, 6) is 0.107. The summed E-state index contributed by atoms with van der Waals surface area (Å²) in [5.41, 5.74) is 1.35. The van der Waals surface area contributed by atoms with Gasteiger partial charge in [0.25, 0.3) is 10.0 Å². The monoisotopic (exact) mass is 391 g/mol. The van der Waals surface area contributed by atoms with Gasteiger partial charge in [-0.1, -0.05) is 23.7 Å². The minimum atomic E-state index is -3.77. The number of halogens is 2. The van der Waals surface area contributed by atoms with E-state index in [9.17, 15) is 12.8 Å². The Balaban J connectivity index is 1.63. The van der Waals surface area contributed by atoms with Crippen LogP contribution in [0.2, 0.25) is 5.02 Å². The molecule has 0 unspecified atom stereocenters. The van der Waals surface area contributed by atoms with Gasteiger partial charge in [-0.15, -0.1) is 0 Å². The predicted octanol–water partition coefficient (Wildman–Crippen LogP) is 4.86. The molecule has 4 nitrogen and oxygen atoms in total. The van der Waals surface area contributed by atoms with Crippen molar-refractivity contribution in [2.75, 3.05) is 4.72 Å². The van der Waals surface area contributed by atoms with Crippen molar-refractivity contribution in [3.05, 3.63) is 89.2 Å². The van der Waals surface area contributed by atoms with E-state index >= 15 is 0 Å². The van der Waals surface area contributed by atoms with Gasteiger partial charge in [-0.2, -0.15) is 0 Å². The normalized spacial score (nSPS) is 11.2. The SMILES string of the molecule is O=S(=O)(Nc1ccc(OCc2ccc(Cl)cc2)cc1)c1ccc(F)cc1. The van der Waals surface area contributed by atoms with Gasteiger partial charge < -0.3 is 4.74 Å². The fraction of sp³-hybridized carbons (Fsp3) is 0.0526. The molecule has 0 spiro atoms. The first-order chi connectivity index (χ1) is 12.4. The Morgan fingerprint density at radius 1 is 0.885 bits per heavy atom. The van der Waals surface area contributed by atoms with E-state index in [1.165, 1.54) is 12.1 Å². The van der Waals surface area contributed by atoms with E-state index in [0.29, 0.717) is 23.1 Å². The van der Waals surface area contributed by atoms with E-state index in [1.807, 2.05) is 12.1 Å². The third-order valence-corrected chi connectivity index (χ3v) is 5.20. The van der Waals surface area contributed by atoms with E-state index in [-0.39, 0.29) is 4.90 Å². The quantitative estimate of drug-likeness (QED) is 0.652. The average Bonchev–Trinajstić information content (AvgIpc) is 2.62. The molecule has 3 aromatic rings. The third-order valence-electron chi connectivity index (χ3n) is 3.55. The van der Waals surface area contributed by atoms with Crippen molar-refractivity contribution in [2.24, 2.45) is 0 Å². The summed E-state index contributed by atoms with van der Waals surface area (Å²) < 4.78 is 45.5. The Bertz CT molecular complexity index is 973. The van der Waals surface area contributed by atoms with Gasteiger partial charge in [0.05, 0.1) is 4.90 Å². The van der Waals surface area contributed by atoms with Crippen LogP contribution in [0.1, 0.15) is 5.56 Å². The Labute approximate surface area is 156 Å². The van der Waals surface area contributed by atoms with Crippen LogP contribution in [0.15, 0.2) is 77.7 Å². The molecule has 134 valence electrons. The lowest BCUT2D eigenvalue weighted by molar-refractivity contribution is 0.306. The number of benzene rings is 3. The first-order valence-corrected chi connectivity index (χ1v) is 9.54. The number of rotatable bonds is 6. The lowest BCUT2D eigenvalue weighted by Gasteiger charge is -2.10. The molecule has 0 aliphatic heterocycles. The van der Waals surface area contributed by atoms with Gasteiger partial charge in [0.1, 0.15) is 18.2 Å². The van der Waals surface area contributed by atoms with Gasteiger partial charge in [0, 0.05) is 10.7 Å². The van der Waals surface area contributed by atoms with Crippen molar-refractivity contribution < 1.29 is 17.5 Å². The van der Waals surface area contributed by atoms with Crippen molar-refractivity contribution in [1.29, 1.82) is 0 Å². The maximum absolute atomic E-state index is 12.9. The van der Waals surface area contributed by atoms with Crippen LogP contribution in [0, 0.1) is 5.82 Å². The van der Waals surface area contributed by atoms with Gasteiger partial charge in [-0.05, 0) is 66.2 Å². The minimum absolute atomic E-state index is 0.0121. The fourth-order valence-electron chi connectivity index (χ4n) is 2.19. The topological polar surface area (TPSA) is 55.4 Å². The molecule has 0 aliphatic carbocycles. The van der Waals surface area contributed by atoms with Gasteiger partial charge in [-0.25, -0.2) is 12.8 Å². The first-order valence-electron chi connectivity index (χ1n) is 7.68. The molecule has 0 heterocycles. The summed E-state index contributed by atoms with van der Waals surface area (Å²) in [6, 6.07) is 18.4. The number of ether oxygens (including phenoxy) is 1. The molecule has 1 N–H and O–H groups in total. The van der Waals surface area contributed by atoms with Crippen molar-refractivity contribution in [1.82, 2.24) is 0 Å². The first kappa shape index (κ1) is 18.2. The summed E-state index contributed by atoms with van der Waals surface area (Å²) in [7, 11) is -3.77. The van der Waals surface area contributed by atoms with Crippen LogP contribution in [-0.4, -0.2) is 8.42 Å². The molecule has 7 heteroatoms. The van der Waals surface area contributed by atoms with Crippen molar-refractivity contribution in [3.63, 3.8) is 0 Å². The molecule has 0 fully saturated rings. The zero-order chi connectivity index (χ0) is 18.6. The third kappa shape index (κ3) is 4.74. The Morgan fingerprint density at radius 3 is 2.12 bits per heavy atom. The van der Waals surface area contributed by atoms with Crippen molar-refractivity contribution in [3.8, 4) is 5.75 Å². The van der Waals surface area contributed by atoms with E-state index in [4.69, 9.17) is 16.3 Å². The number of hydrogen-bond acceptors (Lipinski definition) is 3. The van der Waals surface area contributed by atoms with Crippen molar-refractivity contribution >= 4 is 27.3 Å². The molecule has 0 saturated heterocycles. The Kier molecular flexibility index (Phi) is 5.44. The van der Waals surface area contributed by atoms with Gasteiger partial charge >= 0.3 is 0 Å². The Morgan fingerprint density at radius 2 is 1.50 bits per heavy atom. The molecular formula is C19H15ClFNO3S. The number of nitrogens with one attached hydrogen (secondary N) is 1. The average molecular weight is 392 g/mol. The van der Waals surface area contributed by atoms with E-state index in [1.54, 1.807) is 36.4 Å². The molecule has 0 aromatic heterocycles. The van der Waals surface area contributed by atoms with Crippen LogP contribution in [0.25, 0.3) is 0 Å². The van der Waals surface area contributed by atoms with Gasteiger partial charge in [-0.3, -0.25) is 4.72 Å². The van der Waals surface area contributed by atoms with E-state index in [2.05, 4.69) is 4.72 Å². The molecule has 26 heavy (non-hydrogen) atoms. The summed E-state index contributed by atoms with van der Waals surface area (Å²) in [6.45, 7) is 0.373. The second kappa shape index (κ2) is 7.76. The summed E-state index contributed by atoms with van der Waals surface area (Å²) >= 11 is 5.84. The highest BCUT2D eigenvalue weighted by atomic mass is 35.5. The number of sulfonamides is 1. The lowest BCUT2D eigenvalue weighted by atomic mass is 10.2. The van der Waals surface area contributed by atoms with Crippen LogP contribution in [0.3, 0.4) is 0 Å². The van der Waals surface area contributed by atoms with Crippen molar-refractivity contribution in [2.45, 2.75) is 11.5 Å². The minimum Gasteiger partial charge on any atom is -0.489 e. The lowest BCUT2D eigenvalue weighted by Crippen LogP contribution is -2.12. The maximum Gasteiger partial charge on any atom is 0.261 e. The van der Waals surface area contributed by atoms with E-state index < -0.39 is 15.8 Å². The summed E-state index contributed by atoms with van der Waals surface area (Å²) in [6.07, 6.45) is 0. The maximum atomic E-state index is 12.9. The number of hydrogen-bond donors (Lipinski definition) is 1. The zero-order valence-electron chi connectivity index (χ0n) is 13.5. The van der Waals surface area contributed by atoms with Gasteiger partial charge in [0.15, 0.2) is 0 Å². The zero-order valence-corrected chi connectivity index (χ0v) is 15.1. The molecule has 3 aromatic carbocycles. The standard InChI is InChI=1S/C19H15ClFNO3S/c20-15-3-1-14(2-4-15)13-25-18-9-7-17(8-10-18)22-26(23,24)19-11-5-16(21)6-12-19/h1-12,22H,13H2. The highest BCUT2D eigenvalue weighted by Crippen LogP contribution is 2.21. The molecule has 3 rings (SSSR count). The molecule has 0 aliphatic rings. The molecular weight excluding hydrogens is 377 g/mol. The smallest absolute Gasteiger partial charge is 0.261 e. The van der Waals surface area contributed by atoms with Gasteiger partial charge in [0.2, 0.25) is 0 Å². The van der Waals surface area contributed by atoms with E-state index in [0.717, 1.165) is 17.7 Å².